The molecule has 1 fully saturated rings. The van der Waals surface area contributed by atoms with Gasteiger partial charge < -0.3 is 14.6 Å². The van der Waals surface area contributed by atoms with Crippen LogP contribution in [0.5, 0.6) is 11.5 Å². The summed E-state index contributed by atoms with van der Waals surface area (Å²) in [6.45, 7) is 0. The van der Waals surface area contributed by atoms with E-state index in [2.05, 4.69) is 0 Å². The standard InChI is InChI=1S/C13H19NO7S2/c1-14(10-7-22(16,17)8-11(10)15)23(18,19)13-5-4-9(20-2)6-12(13)21-3/h4-6,10-11,15H,7-8H2,1-3H3/t10-,11-/m0/s1. The summed E-state index contributed by atoms with van der Waals surface area (Å²) in [7, 11) is -3.51. The zero-order valence-electron chi connectivity index (χ0n) is 13.0. The van der Waals surface area contributed by atoms with Crippen molar-refractivity contribution >= 4 is 19.9 Å². The van der Waals surface area contributed by atoms with Crippen molar-refractivity contribution in [3.63, 3.8) is 0 Å². The lowest BCUT2D eigenvalue weighted by Crippen LogP contribution is -2.44. The number of likely N-dealkylation sites (N-methyl/N-ethyl adjacent to an activating group) is 1. The van der Waals surface area contributed by atoms with E-state index in [0.717, 1.165) is 4.31 Å². The maximum Gasteiger partial charge on any atom is 0.246 e. The van der Waals surface area contributed by atoms with Crippen LogP contribution in [-0.4, -0.2) is 71.2 Å². The first kappa shape index (κ1) is 18.0. The lowest BCUT2D eigenvalue weighted by molar-refractivity contribution is 0.137. The molecular weight excluding hydrogens is 346 g/mol. The van der Waals surface area contributed by atoms with Crippen molar-refractivity contribution in [3.8, 4) is 11.5 Å². The summed E-state index contributed by atoms with van der Waals surface area (Å²) in [5.74, 6) is -0.363. The van der Waals surface area contributed by atoms with Gasteiger partial charge in [0.1, 0.15) is 16.4 Å². The smallest absolute Gasteiger partial charge is 0.246 e. The fraction of sp³-hybridized carbons (Fsp3) is 0.538. The zero-order chi connectivity index (χ0) is 17.4. The van der Waals surface area contributed by atoms with E-state index in [0.29, 0.717) is 5.75 Å². The molecule has 1 heterocycles. The molecule has 0 spiro atoms. The minimum Gasteiger partial charge on any atom is -0.497 e. The molecule has 1 aliphatic rings. The van der Waals surface area contributed by atoms with Gasteiger partial charge in [0.25, 0.3) is 0 Å². The highest BCUT2D eigenvalue weighted by Gasteiger charge is 2.43. The summed E-state index contributed by atoms with van der Waals surface area (Å²) in [5, 5.41) is 9.88. The second-order valence-corrected chi connectivity index (χ2v) is 9.37. The van der Waals surface area contributed by atoms with Crippen molar-refractivity contribution in [1.29, 1.82) is 0 Å². The number of ether oxygens (including phenoxy) is 2. The summed E-state index contributed by atoms with van der Waals surface area (Å²) >= 11 is 0. The third-order valence-corrected chi connectivity index (χ3v) is 7.41. The van der Waals surface area contributed by atoms with Gasteiger partial charge in [-0.05, 0) is 12.1 Å². The second kappa shape index (κ2) is 6.27. The lowest BCUT2D eigenvalue weighted by atomic mass is 10.2. The molecule has 0 bridgehead atoms. The highest BCUT2D eigenvalue weighted by atomic mass is 32.2. The number of nitrogens with zero attached hydrogens (tertiary/aromatic N) is 1. The maximum atomic E-state index is 12.8. The Morgan fingerprint density at radius 1 is 1.22 bits per heavy atom. The van der Waals surface area contributed by atoms with Crippen molar-refractivity contribution in [3.05, 3.63) is 18.2 Å². The van der Waals surface area contributed by atoms with Crippen molar-refractivity contribution in [2.75, 3.05) is 32.8 Å². The number of methoxy groups -OCH3 is 2. The van der Waals surface area contributed by atoms with Gasteiger partial charge in [0.2, 0.25) is 10.0 Å². The van der Waals surface area contributed by atoms with E-state index in [1.807, 2.05) is 0 Å². The third-order valence-electron chi connectivity index (χ3n) is 3.79. The highest BCUT2D eigenvalue weighted by molar-refractivity contribution is 7.92. The van der Waals surface area contributed by atoms with Crippen LogP contribution < -0.4 is 9.47 Å². The molecule has 0 radical (unpaired) electrons. The van der Waals surface area contributed by atoms with Gasteiger partial charge in [0.05, 0.1) is 37.9 Å². The molecule has 0 aromatic heterocycles. The van der Waals surface area contributed by atoms with Crippen molar-refractivity contribution in [2.24, 2.45) is 0 Å². The fourth-order valence-corrected chi connectivity index (χ4v) is 5.94. The van der Waals surface area contributed by atoms with Gasteiger partial charge in [-0.3, -0.25) is 0 Å². The molecule has 10 heteroatoms. The number of hydrogen-bond acceptors (Lipinski definition) is 7. The molecule has 23 heavy (non-hydrogen) atoms. The molecule has 1 aromatic rings. The van der Waals surface area contributed by atoms with Gasteiger partial charge in [-0.25, -0.2) is 16.8 Å². The van der Waals surface area contributed by atoms with E-state index in [9.17, 15) is 21.9 Å². The molecule has 0 aliphatic carbocycles. The van der Waals surface area contributed by atoms with E-state index in [1.165, 1.54) is 39.5 Å². The van der Waals surface area contributed by atoms with Crippen molar-refractivity contribution in [1.82, 2.24) is 4.31 Å². The Morgan fingerprint density at radius 3 is 2.35 bits per heavy atom. The second-order valence-electron chi connectivity index (χ2n) is 5.25. The normalized spacial score (nSPS) is 23.9. The zero-order valence-corrected chi connectivity index (χ0v) is 14.6. The fourth-order valence-electron chi connectivity index (χ4n) is 2.48. The Balaban J connectivity index is 2.42. The predicted octanol–water partition coefficient (Wildman–Crippen LogP) is -0.518. The molecule has 0 saturated carbocycles. The van der Waals surface area contributed by atoms with Crippen molar-refractivity contribution < 1.29 is 31.4 Å². The Bertz CT molecular complexity index is 789. The van der Waals surface area contributed by atoms with Crippen LogP contribution in [0.1, 0.15) is 0 Å². The van der Waals surface area contributed by atoms with Crippen LogP contribution >= 0.6 is 0 Å². The average Bonchev–Trinajstić information content (AvgIpc) is 2.78. The molecule has 8 nitrogen and oxygen atoms in total. The van der Waals surface area contributed by atoms with Gasteiger partial charge in [-0.1, -0.05) is 0 Å². The summed E-state index contributed by atoms with van der Waals surface area (Å²) in [4.78, 5) is -0.125. The van der Waals surface area contributed by atoms with Crippen LogP contribution in [-0.2, 0) is 19.9 Å². The van der Waals surface area contributed by atoms with Crippen molar-refractivity contribution in [2.45, 2.75) is 17.0 Å². The molecule has 0 amide bonds. The molecule has 1 aliphatic heterocycles. The van der Waals surface area contributed by atoms with E-state index in [1.54, 1.807) is 0 Å². The number of rotatable bonds is 5. The number of aliphatic hydroxyl groups excluding tert-OH is 1. The van der Waals surface area contributed by atoms with Crippen LogP contribution in [0.3, 0.4) is 0 Å². The minimum atomic E-state index is -4.04. The first-order valence-corrected chi connectivity index (χ1v) is 9.97. The van der Waals surface area contributed by atoms with Gasteiger partial charge in [-0.2, -0.15) is 4.31 Å². The Hall–Kier alpha value is -1.36. The summed E-state index contributed by atoms with van der Waals surface area (Å²) in [6.07, 6.45) is -1.26. The van der Waals surface area contributed by atoms with Gasteiger partial charge in [0.15, 0.2) is 9.84 Å². The monoisotopic (exact) mass is 365 g/mol. The Morgan fingerprint density at radius 2 is 1.87 bits per heavy atom. The maximum absolute atomic E-state index is 12.8. The van der Waals surface area contributed by atoms with E-state index < -0.39 is 43.5 Å². The summed E-state index contributed by atoms with van der Waals surface area (Å²) in [5.41, 5.74) is 0. The first-order chi connectivity index (χ1) is 10.6. The number of benzene rings is 1. The lowest BCUT2D eigenvalue weighted by Gasteiger charge is -2.26. The number of sulfonamides is 1. The molecule has 0 unspecified atom stereocenters. The Labute approximate surface area is 135 Å². The van der Waals surface area contributed by atoms with Gasteiger partial charge in [0, 0.05) is 13.1 Å². The van der Waals surface area contributed by atoms with Gasteiger partial charge in [-0.15, -0.1) is 0 Å². The number of hydrogen-bond donors (Lipinski definition) is 1. The predicted molar refractivity (Wildman–Crippen MR) is 82.9 cm³/mol. The van der Waals surface area contributed by atoms with Gasteiger partial charge >= 0.3 is 0 Å². The van der Waals surface area contributed by atoms with E-state index in [-0.39, 0.29) is 10.6 Å². The summed E-state index contributed by atoms with van der Waals surface area (Å²) < 4.78 is 59.7. The molecule has 130 valence electrons. The van der Waals surface area contributed by atoms with Crippen LogP contribution in [0.2, 0.25) is 0 Å². The van der Waals surface area contributed by atoms with Crippen LogP contribution in [0.4, 0.5) is 0 Å². The first-order valence-electron chi connectivity index (χ1n) is 6.71. The molecule has 2 atom stereocenters. The Kier molecular flexibility index (Phi) is 4.90. The van der Waals surface area contributed by atoms with Crippen LogP contribution in [0.25, 0.3) is 0 Å². The average molecular weight is 365 g/mol. The highest BCUT2D eigenvalue weighted by Crippen LogP contribution is 2.32. The third kappa shape index (κ3) is 3.44. The molecule has 1 saturated heterocycles. The molecule has 1 aromatic carbocycles. The molecular formula is C13H19NO7S2. The summed E-state index contributed by atoms with van der Waals surface area (Å²) in [6, 6.07) is 3.17. The van der Waals surface area contributed by atoms with Crippen LogP contribution in [0, 0.1) is 0 Å². The largest absolute Gasteiger partial charge is 0.497 e. The molecule has 1 N–H and O–H groups in total. The number of sulfone groups is 1. The van der Waals surface area contributed by atoms with Crippen LogP contribution in [0.15, 0.2) is 23.1 Å². The minimum absolute atomic E-state index is 0.0755. The van der Waals surface area contributed by atoms with E-state index in [4.69, 9.17) is 9.47 Å². The number of aliphatic hydroxyl groups is 1. The SMILES string of the molecule is COc1ccc(S(=O)(=O)N(C)[C@H]2CS(=O)(=O)C[C@@H]2O)c(OC)c1. The van der Waals surface area contributed by atoms with E-state index >= 15 is 0 Å². The quantitative estimate of drug-likeness (QED) is 0.748. The molecule has 2 rings (SSSR count). The topological polar surface area (TPSA) is 110 Å².